The van der Waals surface area contributed by atoms with Gasteiger partial charge in [0.25, 0.3) is 0 Å². The van der Waals surface area contributed by atoms with Gasteiger partial charge in [0.05, 0.1) is 16.8 Å². The minimum absolute atomic E-state index is 0.0965. The van der Waals surface area contributed by atoms with E-state index in [1.54, 1.807) is 24.5 Å². The summed E-state index contributed by atoms with van der Waals surface area (Å²) < 4.78 is 26.6. The van der Waals surface area contributed by atoms with Crippen LogP contribution >= 0.6 is 0 Å². The van der Waals surface area contributed by atoms with E-state index in [0.29, 0.717) is 6.54 Å². The summed E-state index contributed by atoms with van der Waals surface area (Å²) in [5.41, 5.74) is 2.75. The van der Waals surface area contributed by atoms with E-state index in [-0.39, 0.29) is 4.90 Å². The number of aromatic nitrogens is 4. The van der Waals surface area contributed by atoms with Gasteiger partial charge in [-0.05, 0) is 35.9 Å². The topological polar surface area (TPSA) is 95.8 Å². The normalized spacial score (nSPS) is 11.6. The average Bonchev–Trinajstić information content (AvgIpc) is 3.31. The molecule has 0 spiro atoms. The first-order chi connectivity index (χ1) is 13.0. The second-order valence-electron chi connectivity index (χ2n) is 6.03. The van der Waals surface area contributed by atoms with Crippen molar-refractivity contribution in [2.45, 2.75) is 11.4 Å². The first kappa shape index (κ1) is 17.2. The maximum absolute atomic E-state index is 11.4. The fourth-order valence-electron chi connectivity index (χ4n) is 2.90. The number of sulfonamides is 1. The summed E-state index contributed by atoms with van der Waals surface area (Å²) in [5.74, 6) is 0.770. The van der Waals surface area contributed by atoms with Gasteiger partial charge in [-0.15, -0.1) is 0 Å². The average molecular weight is 379 g/mol. The predicted molar refractivity (Wildman–Crippen MR) is 102 cm³/mol. The minimum Gasteiger partial charge on any atom is -0.325 e. The lowest BCUT2D eigenvalue weighted by Gasteiger charge is -2.11. The molecule has 0 saturated carbocycles. The Morgan fingerprint density at radius 2 is 1.67 bits per heavy atom. The van der Waals surface area contributed by atoms with Crippen LogP contribution in [0.1, 0.15) is 5.56 Å². The van der Waals surface area contributed by atoms with Crippen LogP contribution in [0.5, 0.6) is 0 Å². The van der Waals surface area contributed by atoms with Crippen LogP contribution in [0.2, 0.25) is 0 Å². The zero-order valence-electron chi connectivity index (χ0n) is 14.3. The summed E-state index contributed by atoms with van der Waals surface area (Å²) in [6.07, 6.45) is 5.35. The number of hydrogen-bond donors (Lipinski definition) is 1. The molecule has 0 bridgehead atoms. The van der Waals surface area contributed by atoms with E-state index < -0.39 is 10.0 Å². The Kier molecular flexibility index (Phi) is 4.35. The highest BCUT2D eigenvalue weighted by Gasteiger charge is 2.13. The third kappa shape index (κ3) is 3.53. The summed E-state index contributed by atoms with van der Waals surface area (Å²) >= 11 is 0. The SMILES string of the molecule is NS(=O)(=O)c1ccc(Cn2ccnc2-c2ccnn2-c2ccccc2)cc1. The molecule has 0 saturated heterocycles. The lowest BCUT2D eigenvalue weighted by molar-refractivity contribution is 0.597. The van der Waals surface area contributed by atoms with Gasteiger partial charge >= 0.3 is 0 Å². The van der Waals surface area contributed by atoms with Crippen molar-refractivity contribution in [3.63, 3.8) is 0 Å². The molecule has 2 N–H and O–H groups in total. The molecule has 0 radical (unpaired) electrons. The molecule has 0 aliphatic carbocycles. The standard InChI is InChI=1S/C19H17N5O2S/c20-27(25,26)17-8-6-15(7-9-17)14-23-13-12-21-19(23)18-10-11-22-24(18)16-4-2-1-3-5-16/h1-13H,14H2,(H2,20,25,26). The largest absolute Gasteiger partial charge is 0.325 e. The third-order valence-electron chi connectivity index (χ3n) is 4.19. The highest BCUT2D eigenvalue weighted by Crippen LogP contribution is 2.22. The number of primary sulfonamides is 1. The summed E-state index contributed by atoms with van der Waals surface area (Å²) in [6.45, 7) is 0.542. The van der Waals surface area contributed by atoms with Crippen molar-refractivity contribution in [3.8, 4) is 17.2 Å². The number of imidazole rings is 1. The Labute approximate surface area is 156 Å². The predicted octanol–water partition coefficient (Wildman–Crippen LogP) is 2.43. The number of nitrogens with two attached hydrogens (primary N) is 1. The van der Waals surface area contributed by atoms with Gasteiger partial charge < -0.3 is 4.57 Å². The number of benzene rings is 2. The zero-order chi connectivity index (χ0) is 18.9. The fourth-order valence-corrected chi connectivity index (χ4v) is 3.41. The fraction of sp³-hybridized carbons (Fsp3) is 0.0526. The first-order valence-corrected chi connectivity index (χ1v) is 9.80. The molecule has 4 rings (SSSR count). The van der Waals surface area contributed by atoms with Crippen molar-refractivity contribution in [2.24, 2.45) is 5.14 Å². The van der Waals surface area contributed by atoms with Crippen LogP contribution in [0.25, 0.3) is 17.2 Å². The zero-order valence-corrected chi connectivity index (χ0v) is 15.1. The number of para-hydroxylation sites is 1. The molecule has 2 aromatic carbocycles. The van der Waals surface area contributed by atoms with Gasteiger partial charge in [-0.2, -0.15) is 5.10 Å². The Balaban J connectivity index is 1.66. The van der Waals surface area contributed by atoms with Crippen molar-refractivity contribution in [2.75, 3.05) is 0 Å². The lowest BCUT2D eigenvalue weighted by atomic mass is 10.2. The van der Waals surface area contributed by atoms with Crippen molar-refractivity contribution in [1.29, 1.82) is 0 Å². The number of nitrogens with zero attached hydrogens (tertiary/aromatic N) is 4. The van der Waals surface area contributed by atoms with Crippen molar-refractivity contribution in [1.82, 2.24) is 19.3 Å². The second kappa shape index (κ2) is 6.82. The second-order valence-corrected chi connectivity index (χ2v) is 7.59. The monoisotopic (exact) mass is 379 g/mol. The number of hydrogen-bond acceptors (Lipinski definition) is 4. The molecular weight excluding hydrogens is 362 g/mol. The molecule has 2 aromatic heterocycles. The van der Waals surface area contributed by atoms with Crippen LogP contribution in [0.15, 0.2) is 84.1 Å². The van der Waals surface area contributed by atoms with E-state index in [1.165, 1.54) is 12.1 Å². The highest BCUT2D eigenvalue weighted by atomic mass is 32.2. The van der Waals surface area contributed by atoms with Crippen LogP contribution in [0, 0.1) is 0 Å². The first-order valence-electron chi connectivity index (χ1n) is 8.25. The van der Waals surface area contributed by atoms with Crippen LogP contribution in [-0.4, -0.2) is 27.7 Å². The van der Waals surface area contributed by atoms with Gasteiger partial charge in [0.1, 0.15) is 5.69 Å². The van der Waals surface area contributed by atoms with E-state index in [9.17, 15) is 8.42 Å². The van der Waals surface area contributed by atoms with Crippen molar-refractivity contribution >= 4 is 10.0 Å². The van der Waals surface area contributed by atoms with Crippen molar-refractivity contribution in [3.05, 3.63) is 84.8 Å². The molecule has 0 atom stereocenters. The maximum atomic E-state index is 11.4. The van der Waals surface area contributed by atoms with Gasteiger partial charge in [0.15, 0.2) is 5.82 Å². The smallest absolute Gasteiger partial charge is 0.238 e. The van der Waals surface area contributed by atoms with Crippen LogP contribution in [-0.2, 0) is 16.6 Å². The van der Waals surface area contributed by atoms with Crippen molar-refractivity contribution < 1.29 is 8.42 Å². The van der Waals surface area contributed by atoms with Gasteiger partial charge in [-0.1, -0.05) is 30.3 Å². The molecule has 2 heterocycles. The molecule has 7 nitrogen and oxygen atoms in total. The quantitative estimate of drug-likeness (QED) is 0.576. The number of rotatable bonds is 5. The summed E-state index contributed by atoms with van der Waals surface area (Å²) in [7, 11) is -3.69. The van der Waals surface area contributed by atoms with Crippen LogP contribution in [0.3, 0.4) is 0 Å². The Bertz CT molecular complexity index is 1160. The molecule has 136 valence electrons. The summed E-state index contributed by atoms with van der Waals surface area (Å²) in [4.78, 5) is 4.58. The van der Waals surface area contributed by atoms with Crippen LogP contribution < -0.4 is 5.14 Å². The minimum atomic E-state index is -3.69. The van der Waals surface area contributed by atoms with Gasteiger partial charge in [-0.3, -0.25) is 0 Å². The van der Waals surface area contributed by atoms with E-state index in [1.807, 2.05) is 51.8 Å². The summed E-state index contributed by atoms with van der Waals surface area (Å²) in [6, 6.07) is 18.3. The maximum Gasteiger partial charge on any atom is 0.238 e. The molecule has 0 aliphatic heterocycles. The highest BCUT2D eigenvalue weighted by molar-refractivity contribution is 7.89. The van der Waals surface area contributed by atoms with E-state index in [2.05, 4.69) is 10.1 Å². The Morgan fingerprint density at radius 1 is 0.926 bits per heavy atom. The molecular formula is C19H17N5O2S. The molecule has 27 heavy (non-hydrogen) atoms. The van der Waals surface area contributed by atoms with Gasteiger partial charge in [-0.25, -0.2) is 23.2 Å². The molecule has 0 fully saturated rings. The van der Waals surface area contributed by atoms with E-state index >= 15 is 0 Å². The summed E-state index contributed by atoms with van der Waals surface area (Å²) in [5, 5.41) is 9.56. The molecule has 4 aromatic rings. The molecule has 0 aliphatic rings. The Hall–Kier alpha value is -3.23. The van der Waals surface area contributed by atoms with E-state index in [0.717, 1.165) is 22.8 Å². The lowest BCUT2D eigenvalue weighted by Crippen LogP contribution is -2.12. The molecule has 0 amide bonds. The molecule has 8 heteroatoms. The van der Waals surface area contributed by atoms with E-state index in [4.69, 9.17) is 5.14 Å². The van der Waals surface area contributed by atoms with Gasteiger partial charge in [0.2, 0.25) is 10.0 Å². The molecule has 0 unspecified atom stereocenters. The Morgan fingerprint density at radius 3 is 2.37 bits per heavy atom. The van der Waals surface area contributed by atoms with Gasteiger partial charge in [0, 0.05) is 18.9 Å². The third-order valence-corrected chi connectivity index (χ3v) is 5.12. The van der Waals surface area contributed by atoms with Crippen LogP contribution in [0.4, 0.5) is 0 Å².